The van der Waals surface area contributed by atoms with Crippen LogP contribution in [0.2, 0.25) is 5.02 Å². The first-order valence-electron chi connectivity index (χ1n) is 5.87. The maximum atomic E-state index is 9.16. The summed E-state index contributed by atoms with van der Waals surface area (Å²) in [4.78, 5) is 0. The van der Waals surface area contributed by atoms with Crippen LogP contribution in [0.4, 0.5) is 0 Å². The van der Waals surface area contributed by atoms with Crippen molar-refractivity contribution in [3.05, 3.63) is 33.3 Å². The monoisotopic (exact) mass is 319 g/mol. The first kappa shape index (κ1) is 15.0. The van der Waals surface area contributed by atoms with E-state index in [0.29, 0.717) is 0 Å². The molecule has 1 aromatic rings. The Morgan fingerprint density at radius 1 is 1.41 bits per heavy atom. The summed E-state index contributed by atoms with van der Waals surface area (Å²) in [5.74, 6) is 0. The summed E-state index contributed by atoms with van der Waals surface area (Å²) in [5, 5.41) is 13.3. The highest BCUT2D eigenvalue weighted by atomic mass is 79.9. The van der Waals surface area contributed by atoms with Crippen LogP contribution >= 0.6 is 27.5 Å². The maximum absolute atomic E-state index is 9.16. The third-order valence-corrected chi connectivity index (χ3v) is 3.50. The molecular formula is C13H19BrClNO. The second-order valence-electron chi connectivity index (χ2n) is 4.33. The van der Waals surface area contributed by atoms with Crippen LogP contribution in [-0.4, -0.2) is 17.8 Å². The van der Waals surface area contributed by atoms with Crippen LogP contribution in [0.1, 0.15) is 38.3 Å². The average molecular weight is 321 g/mol. The number of rotatable bonds is 6. The lowest BCUT2D eigenvalue weighted by molar-refractivity contribution is 0.181. The van der Waals surface area contributed by atoms with Crippen molar-refractivity contribution in [1.82, 2.24) is 5.32 Å². The smallest absolute Gasteiger partial charge is 0.0512 e. The Balaban J connectivity index is 2.44. The lowest BCUT2D eigenvalue weighted by Crippen LogP contribution is -2.21. The van der Waals surface area contributed by atoms with Gasteiger partial charge in [0.1, 0.15) is 0 Å². The van der Waals surface area contributed by atoms with Crippen LogP contribution in [0, 0.1) is 0 Å². The zero-order chi connectivity index (χ0) is 12.8. The summed E-state index contributed by atoms with van der Waals surface area (Å²) in [5.41, 5.74) is 1.10. The largest absolute Gasteiger partial charge is 0.393 e. The van der Waals surface area contributed by atoms with Crippen molar-refractivity contribution < 1.29 is 5.11 Å². The lowest BCUT2D eigenvalue weighted by atomic mass is 10.1. The molecule has 2 N–H and O–H groups in total. The van der Waals surface area contributed by atoms with Gasteiger partial charge in [0.2, 0.25) is 0 Å². The Bertz CT molecular complexity index is 357. The molecule has 96 valence electrons. The molecule has 2 nitrogen and oxygen atoms in total. The zero-order valence-corrected chi connectivity index (χ0v) is 12.6. The fourth-order valence-corrected chi connectivity index (χ4v) is 2.52. The van der Waals surface area contributed by atoms with Crippen molar-refractivity contribution in [2.45, 2.75) is 38.8 Å². The van der Waals surface area contributed by atoms with Crippen LogP contribution in [0.15, 0.2) is 22.7 Å². The molecule has 0 spiro atoms. The van der Waals surface area contributed by atoms with Gasteiger partial charge in [-0.25, -0.2) is 0 Å². The minimum atomic E-state index is -0.219. The Kier molecular flexibility index (Phi) is 6.49. The minimum absolute atomic E-state index is 0.219. The molecule has 0 radical (unpaired) electrons. The first-order chi connectivity index (χ1) is 8.00. The van der Waals surface area contributed by atoms with Gasteiger partial charge in [0.15, 0.2) is 0 Å². The Morgan fingerprint density at radius 3 is 2.71 bits per heavy atom. The number of aliphatic hydroxyl groups excluding tert-OH is 1. The molecule has 0 aliphatic carbocycles. The number of hydrogen-bond donors (Lipinski definition) is 2. The van der Waals surface area contributed by atoms with Gasteiger partial charge in [0.05, 0.1) is 6.10 Å². The van der Waals surface area contributed by atoms with Crippen molar-refractivity contribution in [1.29, 1.82) is 0 Å². The van der Waals surface area contributed by atoms with Crippen LogP contribution in [0.25, 0.3) is 0 Å². The molecule has 0 aliphatic heterocycles. The molecule has 1 rings (SSSR count). The molecule has 0 aromatic heterocycles. The van der Waals surface area contributed by atoms with E-state index in [1.165, 1.54) is 0 Å². The molecule has 2 atom stereocenters. The van der Waals surface area contributed by atoms with Crippen LogP contribution in [-0.2, 0) is 0 Å². The molecule has 0 saturated carbocycles. The molecule has 4 heteroatoms. The molecule has 17 heavy (non-hydrogen) atoms. The summed E-state index contributed by atoms with van der Waals surface area (Å²) in [6, 6.07) is 6.16. The number of benzene rings is 1. The third kappa shape index (κ3) is 5.38. The van der Waals surface area contributed by atoms with E-state index >= 15 is 0 Å². The first-order valence-corrected chi connectivity index (χ1v) is 7.04. The predicted molar refractivity (Wildman–Crippen MR) is 76.5 cm³/mol. The molecule has 0 amide bonds. The molecule has 0 saturated heterocycles. The van der Waals surface area contributed by atoms with Crippen molar-refractivity contribution in [2.75, 3.05) is 6.54 Å². The van der Waals surface area contributed by atoms with E-state index in [-0.39, 0.29) is 12.1 Å². The molecule has 0 heterocycles. The summed E-state index contributed by atoms with van der Waals surface area (Å²) in [6.07, 6.45) is 1.58. The Morgan fingerprint density at radius 2 is 2.12 bits per heavy atom. The van der Waals surface area contributed by atoms with Gasteiger partial charge >= 0.3 is 0 Å². The van der Waals surface area contributed by atoms with E-state index in [2.05, 4.69) is 28.2 Å². The van der Waals surface area contributed by atoms with Gasteiger partial charge in [-0.2, -0.15) is 0 Å². The van der Waals surface area contributed by atoms with E-state index < -0.39 is 0 Å². The standard InChI is InChI=1S/C13H19BrClNO/c1-9(17)4-3-7-16-10(2)12-6-5-11(14)8-13(12)15/h5-6,8-10,16-17H,3-4,7H2,1-2H3. The number of halogens is 2. The van der Waals surface area contributed by atoms with Crippen LogP contribution in [0.5, 0.6) is 0 Å². The van der Waals surface area contributed by atoms with E-state index in [1.54, 1.807) is 0 Å². The molecule has 0 fully saturated rings. The quantitative estimate of drug-likeness (QED) is 0.779. The van der Waals surface area contributed by atoms with Gasteiger partial charge in [-0.3, -0.25) is 0 Å². The SMILES string of the molecule is CC(O)CCCNC(C)c1ccc(Br)cc1Cl. The van der Waals surface area contributed by atoms with Crippen molar-refractivity contribution >= 4 is 27.5 Å². The van der Waals surface area contributed by atoms with Crippen molar-refractivity contribution in [3.63, 3.8) is 0 Å². The van der Waals surface area contributed by atoms with E-state index in [9.17, 15) is 0 Å². The topological polar surface area (TPSA) is 32.3 Å². The van der Waals surface area contributed by atoms with Crippen molar-refractivity contribution in [3.8, 4) is 0 Å². The fourth-order valence-electron chi connectivity index (χ4n) is 1.68. The fraction of sp³-hybridized carbons (Fsp3) is 0.538. The van der Waals surface area contributed by atoms with Gasteiger partial charge in [-0.1, -0.05) is 33.6 Å². The normalized spacial score (nSPS) is 14.6. The highest BCUT2D eigenvalue weighted by Crippen LogP contribution is 2.26. The molecule has 0 aliphatic rings. The van der Waals surface area contributed by atoms with E-state index in [0.717, 1.165) is 34.4 Å². The molecule has 2 unspecified atom stereocenters. The Labute approximate surface area is 117 Å². The summed E-state index contributed by atoms with van der Waals surface area (Å²) >= 11 is 9.57. The summed E-state index contributed by atoms with van der Waals surface area (Å²) < 4.78 is 0.993. The van der Waals surface area contributed by atoms with Crippen LogP contribution in [0.3, 0.4) is 0 Å². The van der Waals surface area contributed by atoms with Gasteiger partial charge < -0.3 is 10.4 Å². The molecular weight excluding hydrogens is 302 g/mol. The summed E-state index contributed by atoms with van der Waals surface area (Å²) in [7, 11) is 0. The Hall–Kier alpha value is -0.0900. The van der Waals surface area contributed by atoms with Gasteiger partial charge in [0.25, 0.3) is 0 Å². The highest BCUT2D eigenvalue weighted by Gasteiger charge is 2.09. The molecule has 1 aromatic carbocycles. The van der Waals surface area contributed by atoms with E-state index in [1.807, 2.05) is 25.1 Å². The van der Waals surface area contributed by atoms with E-state index in [4.69, 9.17) is 16.7 Å². The number of hydrogen-bond acceptors (Lipinski definition) is 2. The second-order valence-corrected chi connectivity index (χ2v) is 5.66. The molecule has 0 bridgehead atoms. The highest BCUT2D eigenvalue weighted by molar-refractivity contribution is 9.10. The zero-order valence-electron chi connectivity index (χ0n) is 10.2. The average Bonchev–Trinajstić information content (AvgIpc) is 2.23. The second kappa shape index (κ2) is 7.37. The van der Waals surface area contributed by atoms with Crippen LogP contribution < -0.4 is 5.32 Å². The maximum Gasteiger partial charge on any atom is 0.0512 e. The predicted octanol–water partition coefficient (Wildman–Crippen LogP) is 3.91. The lowest BCUT2D eigenvalue weighted by Gasteiger charge is -2.16. The van der Waals surface area contributed by atoms with Crippen molar-refractivity contribution in [2.24, 2.45) is 0 Å². The van der Waals surface area contributed by atoms with Gasteiger partial charge in [-0.05, 0) is 50.9 Å². The van der Waals surface area contributed by atoms with Gasteiger partial charge in [-0.15, -0.1) is 0 Å². The number of nitrogens with one attached hydrogen (secondary N) is 1. The minimum Gasteiger partial charge on any atom is -0.393 e. The third-order valence-electron chi connectivity index (χ3n) is 2.68. The van der Waals surface area contributed by atoms with Gasteiger partial charge in [0, 0.05) is 15.5 Å². The summed E-state index contributed by atoms with van der Waals surface area (Å²) in [6.45, 7) is 4.80. The number of aliphatic hydroxyl groups is 1.